The molecule has 3 rings (SSSR count). The highest BCUT2D eigenvalue weighted by molar-refractivity contribution is 6.30. The average molecular weight is 392 g/mol. The lowest BCUT2D eigenvalue weighted by Crippen LogP contribution is -3.13. The Morgan fingerprint density at radius 2 is 1.85 bits per heavy atom. The number of quaternary nitrogens is 2. The zero-order valence-electron chi connectivity index (χ0n) is 15.6. The third-order valence-electron chi connectivity index (χ3n) is 5.26. The second kappa shape index (κ2) is 9.31. The number of halogens is 2. The summed E-state index contributed by atoms with van der Waals surface area (Å²) in [7, 11) is 0. The molecular weight excluding hydrogens is 365 g/mol. The molecule has 0 aliphatic carbocycles. The number of hydrogen-bond acceptors (Lipinski definition) is 1. The Balaban J connectivity index is 1.43. The van der Waals surface area contributed by atoms with E-state index in [4.69, 9.17) is 11.6 Å². The van der Waals surface area contributed by atoms with E-state index < -0.39 is 0 Å². The highest BCUT2D eigenvalue weighted by atomic mass is 35.5. The molecule has 0 aromatic heterocycles. The molecule has 1 fully saturated rings. The second-order valence-corrected chi connectivity index (χ2v) is 7.62. The number of piperazine rings is 1. The van der Waals surface area contributed by atoms with Gasteiger partial charge in [-0.1, -0.05) is 41.9 Å². The Morgan fingerprint density at radius 1 is 1.19 bits per heavy atom. The van der Waals surface area contributed by atoms with Crippen LogP contribution in [-0.4, -0.2) is 43.5 Å². The summed E-state index contributed by atoms with van der Waals surface area (Å²) in [4.78, 5) is 15.8. The summed E-state index contributed by atoms with van der Waals surface area (Å²) in [5.74, 6) is 0.0232. The van der Waals surface area contributed by atoms with E-state index in [2.05, 4.69) is 12.2 Å². The fourth-order valence-electron chi connectivity index (χ4n) is 3.47. The molecule has 2 aromatic carbocycles. The average Bonchev–Trinajstić information content (AvgIpc) is 2.69. The molecule has 0 saturated carbocycles. The van der Waals surface area contributed by atoms with E-state index in [0.717, 1.165) is 42.3 Å². The third-order valence-corrected chi connectivity index (χ3v) is 5.52. The molecule has 3 N–H and O–H groups in total. The van der Waals surface area contributed by atoms with Gasteiger partial charge in [0.1, 0.15) is 18.4 Å². The largest absolute Gasteiger partial charge is 0.333 e. The van der Waals surface area contributed by atoms with E-state index in [1.165, 1.54) is 11.0 Å². The van der Waals surface area contributed by atoms with Crippen molar-refractivity contribution in [1.82, 2.24) is 4.90 Å². The summed E-state index contributed by atoms with van der Waals surface area (Å²) in [6.07, 6.45) is 0. The van der Waals surface area contributed by atoms with Crippen LogP contribution in [0.15, 0.2) is 48.5 Å². The van der Waals surface area contributed by atoms with E-state index >= 15 is 0 Å². The summed E-state index contributed by atoms with van der Waals surface area (Å²) in [6, 6.07) is 14.9. The van der Waals surface area contributed by atoms with Crippen LogP contribution in [0.3, 0.4) is 0 Å². The summed E-state index contributed by atoms with van der Waals surface area (Å²) in [5.41, 5.74) is 1.91. The van der Waals surface area contributed by atoms with Crippen molar-refractivity contribution in [2.75, 3.05) is 32.7 Å². The Labute approximate surface area is 164 Å². The molecule has 1 atom stereocenters. The number of benzene rings is 2. The molecule has 0 unspecified atom stereocenters. The van der Waals surface area contributed by atoms with E-state index in [1.807, 2.05) is 41.3 Å². The van der Waals surface area contributed by atoms with Crippen LogP contribution in [0.5, 0.6) is 0 Å². The quantitative estimate of drug-likeness (QED) is 0.758. The molecule has 144 valence electrons. The Kier molecular flexibility index (Phi) is 6.83. The SMILES string of the molecule is C[C@@H]([NH2+]CC(=O)N1CC[NH+](Cc2ccccc2F)CC1)c1ccc(Cl)cc1. The molecule has 2 aromatic rings. The normalized spacial score (nSPS) is 16.3. The van der Waals surface area contributed by atoms with Gasteiger partial charge in [-0.15, -0.1) is 0 Å². The number of nitrogens with one attached hydrogen (secondary N) is 1. The third kappa shape index (κ3) is 5.51. The van der Waals surface area contributed by atoms with Crippen LogP contribution in [-0.2, 0) is 11.3 Å². The summed E-state index contributed by atoms with van der Waals surface area (Å²) in [5, 5.41) is 2.78. The van der Waals surface area contributed by atoms with Crippen LogP contribution >= 0.6 is 11.6 Å². The molecule has 1 amide bonds. The molecule has 0 radical (unpaired) electrons. The van der Waals surface area contributed by atoms with Crippen molar-refractivity contribution < 1.29 is 19.4 Å². The molecule has 1 aliphatic heterocycles. The Morgan fingerprint density at radius 3 is 2.52 bits per heavy atom. The van der Waals surface area contributed by atoms with Crippen LogP contribution in [0.25, 0.3) is 0 Å². The van der Waals surface area contributed by atoms with Gasteiger partial charge in [0.05, 0.1) is 26.2 Å². The van der Waals surface area contributed by atoms with Crippen LogP contribution in [0.2, 0.25) is 5.02 Å². The molecule has 27 heavy (non-hydrogen) atoms. The van der Waals surface area contributed by atoms with Crippen LogP contribution < -0.4 is 10.2 Å². The van der Waals surface area contributed by atoms with Gasteiger partial charge in [0, 0.05) is 16.1 Å². The summed E-state index contributed by atoms with van der Waals surface area (Å²) in [6.45, 7) is 6.37. The Hall–Kier alpha value is -1.95. The fourth-order valence-corrected chi connectivity index (χ4v) is 3.60. The highest BCUT2D eigenvalue weighted by Crippen LogP contribution is 2.13. The molecule has 6 heteroatoms. The molecule has 1 saturated heterocycles. The number of amides is 1. The highest BCUT2D eigenvalue weighted by Gasteiger charge is 2.25. The van der Waals surface area contributed by atoms with Crippen molar-refractivity contribution in [3.63, 3.8) is 0 Å². The zero-order valence-corrected chi connectivity index (χ0v) is 16.4. The zero-order chi connectivity index (χ0) is 19.2. The van der Waals surface area contributed by atoms with Crippen LogP contribution in [0.1, 0.15) is 24.1 Å². The minimum Gasteiger partial charge on any atom is -0.333 e. The topological polar surface area (TPSA) is 41.4 Å². The lowest BCUT2D eigenvalue weighted by atomic mass is 10.1. The van der Waals surface area contributed by atoms with Crippen LogP contribution in [0, 0.1) is 5.82 Å². The first-order chi connectivity index (χ1) is 13.0. The number of rotatable bonds is 6. The van der Waals surface area contributed by atoms with Gasteiger partial charge in [0.15, 0.2) is 6.54 Å². The smallest absolute Gasteiger partial charge is 0.278 e. The summed E-state index contributed by atoms with van der Waals surface area (Å²) >= 11 is 5.92. The van der Waals surface area contributed by atoms with Crippen molar-refractivity contribution in [3.8, 4) is 0 Å². The maximum absolute atomic E-state index is 13.8. The number of carbonyl (C=O) groups is 1. The Bertz CT molecular complexity index is 760. The van der Waals surface area contributed by atoms with Gasteiger partial charge in [-0.25, -0.2) is 4.39 Å². The van der Waals surface area contributed by atoms with Gasteiger partial charge in [0.2, 0.25) is 0 Å². The van der Waals surface area contributed by atoms with Gasteiger partial charge in [0.25, 0.3) is 5.91 Å². The molecule has 0 spiro atoms. The minimum absolute atomic E-state index is 0.144. The first-order valence-corrected chi connectivity index (χ1v) is 9.84. The number of hydrogen-bond donors (Lipinski definition) is 2. The maximum atomic E-state index is 13.8. The first-order valence-electron chi connectivity index (χ1n) is 9.46. The lowest BCUT2D eigenvalue weighted by molar-refractivity contribution is -0.917. The molecule has 4 nitrogen and oxygen atoms in total. The van der Waals surface area contributed by atoms with E-state index in [0.29, 0.717) is 13.1 Å². The van der Waals surface area contributed by atoms with E-state index in [9.17, 15) is 9.18 Å². The van der Waals surface area contributed by atoms with Gasteiger partial charge in [-0.05, 0) is 25.1 Å². The number of carbonyl (C=O) groups excluding carboxylic acids is 1. The van der Waals surface area contributed by atoms with Crippen molar-refractivity contribution >= 4 is 17.5 Å². The fraction of sp³-hybridized carbons (Fsp3) is 0.381. The minimum atomic E-state index is -0.144. The predicted octanol–water partition coefficient (Wildman–Crippen LogP) is 1.03. The second-order valence-electron chi connectivity index (χ2n) is 7.18. The lowest BCUT2D eigenvalue weighted by Gasteiger charge is -2.32. The van der Waals surface area contributed by atoms with Crippen molar-refractivity contribution in [3.05, 3.63) is 70.5 Å². The van der Waals surface area contributed by atoms with Gasteiger partial charge in [-0.2, -0.15) is 0 Å². The molecular formula is C21H27ClFN3O+2. The standard InChI is InChI=1S/C21H25ClFN3O/c1-16(17-6-8-19(22)9-7-17)24-14-21(27)26-12-10-25(11-13-26)15-18-4-2-3-5-20(18)23/h2-9,16,24H,10-15H2,1H3/p+2/t16-/m1/s1. The molecule has 1 aliphatic rings. The number of nitrogens with two attached hydrogens (primary N) is 1. The predicted molar refractivity (Wildman–Crippen MR) is 104 cm³/mol. The van der Waals surface area contributed by atoms with Crippen molar-refractivity contribution in [2.24, 2.45) is 0 Å². The van der Waals surface area contributed by atoms with Gasteiger partial charge < -0.3 is 15.1 Å². The molecule has 1 heterocycles. The van der Waals surface area contributed by atoms with E-state index in [-0.39, 0.29) is 17.8 Å². The van der Waals surface area contributed by atoms with Crippen molar-refractivity contribution in [1.29, 1.82) is 0 Å². The molecule has 0 bridgehead atoms. The monoisotopic (exact) mass is 391 g/mol. The van der Waals surface area contributed by atoms with Crippen LogP contribution in [0.4, 0.5) is 4.39 Å². The maximum Gasteiger partial charge on any atom is 0.278 e. The van der Waals surface area contributed by atoms with Gasteiger partial charge in [-0.3, -0.25) is 4.79 Å². The first kappa shape index (κ1) is 19.8. The van der Waals surface area contributed by atoms with Gasteiger partial charge >= 0.3 is 0 Å². The van der Waals surface area contributed by atoms with E-state index in [1.54, 1.807) is 6.07 Å². The number of nitrogens with zero attached hydrogens (tertiary/aromatic N) is 1. The van der Waals surface area contributed by atoms with Crippen molar-refractivity contribution in [2.45, 2.75) is 19.5 Å². The summed E-state index contributed by atoms with van der Waals surface area (Å²) < 4.78 is 13.8.